The summed E-state index contributed by atoms with van der Waals surface area (Å²) in [5, 5.41) is 9.03. The van der Waals surface area contributed by atoms with Gasteiger partial charge in [0, 0.05) is 30.2 Å². The van der Waals surface area contributed by atoms with Gasteiger partial charge in [-0.25, -0.2) is 4.79 Å². The molecule has 0 bridgehead atoms. The van der Waals surface area contributed by atoms with Gasteiger partial charge in [-0.05, 0) is 32.0 Å². The number of carboxylic acid groups (broad SMARTS) is 1. The molecule has 1 aromatic carbocycles. The number of carbonyl (C=O) groups is 3. The monoisotopic (exact) mass is 370 g/mol. The number of carboxylic acids is 1. The molecule has 6 nitrogen and oxygen atoms in total. The average Bonchev–Trinajstić information content (AvgIpc) is 2.46. The van der Waals surface area contributed by atoms with Gasteiger partial charge in [-0.15, -0.1) is 0 Å². The highest BCUT2D eigenvalue weighted by molar-refractivity contribution is 9.10. The van der Waals surface area contributed by atoms with Gasteiger partial charge >= 0.3 is 5.97 Å². The van der Waals surface area contributed by atoms with E-state index in [0.29, 0.717) is 17.6 Å². The maximum absolute atomic E-state index is 12.3. The molecule has 0 heterocycles. The fourth-order valence-corrected chi connectivity index (χ4v) is 2.50. The largest absolute Gasteiger partial charge is 0.478 e. The Morgan fingerprint density at radius 3 is 2.14 bits per heavy atom. The van der Waals surface area contributed by atoms with Crippen LogP contribution in [-0.2, 0) is 4.79 Å². The summed E-state index contributed by atoms with van der Waals surface area (Å²) < 4.78 is 0.499. The highest BCUT2D eigenvalue weighted by Crippen LogP contribution is 2.17. The first-order chi connectivity index (χ1) is 10.3. The predicted octanol–water partition coefficient (Wildman–Crippen LogP) is 2.09. The molecule has 0 aromatic heterocycles. The number of hydrogen-bond acceptors (Lipinski definition) is 3. The lowest BCUT2D eigenvalue weighted by Crippen LogP contribution is -2.41. The standard InChI is InChI=1S/C15H19BrN2O4/c1-4-18(5-2)13(19)9-17(3)14(20)10-6-11(15(21)22)8-12(16)7-10/h6-8H,4-5,9H2,1-3H3,(H,21,22). The molecule has 120 valence electrons. The van der Waals surface area contributed by atoms with E-state index in [0.717, 1.165) is 0 Å². The summed E-state index contributed by atoms with van der Waals surface area (Å²) in [7, 11) is 1.52. The summed E-state index contributed by atoms with van der Waals surface area (Å²) in [4.78, 5) is 38.3. The van der Waals surface area contributed by atoms with Crippen molar-refractivity contribution in [3.63, 3.8) is 0 Å². The smallest absolute Gasteiger partial charge is 0.335 e. The number of amides is 2. The SMILES string of the molecule is CCN(CC)C(=O)CN(C)C(=O)c1cc(Br)cc(C(=O)O)c1. The molecule has 0 saturated heterocycles. The van der Waals surface area contributed by atoms with E-state index in [9.17, 15) is 14.4 Å². The maximum atomic E-state index is 12.3. The van der Waals surface area contributed by atoms with Crippen molar-refractivity contribution in [1.29, 1.82) is 0 Å². The lowest BCUT2D eigenvalue weighted by molar-refractivity contribution is -0.131. The van der Waals surface area contributed by atoms with Crippen LogP contribution in [0.25, 0.3) is 0 Å². The quantitative estimate of drug-likeness (QED) is 0.831. The topological polar surface area (TPSA) is 77.9 Å². The second kappa shape index (κ2) is 7.93. The molecule has 0 radical (unpaired) electrons. The number of hydrogen-bond donors (Lipinski definition) is 1. The van der Waals surface area contributed by atoms with Crippen LogP contribution < -0.4 is 0 Å². The van der Waals surface area contributed by atoms with Crippen LogP contribution in [0.3, 0.4) is 0 Å². The van der Waals surface area contributed by atoms with Crippen molar-refractivity contribution in [3.8, 4) is 0 Å². The van der Waals surface area contributed by atoms with Crippen LogP contribution in [0.15, 0.2) is 22.7 Å². The Morgan fingerprint density at radius 2 is 1.64 bits per heavy atom. The Bertz CT molecular complexity index is 585. The molecule has 0 spiro atoms. The molecule has 1 aromatic rings. The highest BCUT2D eigenvalue weighted by Gasteiger charge is 2.19. The summed E-state index contributed by atoms with van der Waals surface area (Å²) >= 11 is 3.19. The molecular weight excluding hydrogens is 352 g/mol. The minimum absolute atomic E-state index is 0.0150. The Labute approximate surface area is 137 Å². The van der Waals surface area contributed by atoms with Gasteiger partial charge in [0.05, 0.1) is 12.1 Å². The molecule has 2 amide bonds. The molecule has 1 N–H and O–H groups in total. The van der Waals surface area contributed by atoms with Gasteiger partial charge in [0.25, 0.3) is 5.91 Å². The van der Waals surface area contributed by atoms with Crippen molar-refractivity contribution >= 4 is 33.7 Å². The zero-order chi connectivity index (χ0) is 16.9. The van der Waals surface area contributed by atoms with Crippen molar-refractivity contribution < 1.29 is 19.5 Å². The Balaban J connectivity index is 2.91. The van der Waals surface area contributed by atoms with Crippen molar-refractivity contribution in [1.82, 2.24) is 9.80 Å². The molecule has 0 aliphatic rings. The van der Waals surface area contributed by atoms with Gasteiger partial charge in [0.2, 0.25) is 5.91 Å². The molecule has 7 heteroatoms. The van der Waals surface area contributed by atoms with E-state index in [-0.39, 0.29) is 23.6 Å². The van der Waals surface area contributed by atoms with Crippen molar-refractivity contribution in [2.75, 3.05) is 26.7 Å². The summed E-state index contributed by atoms with van der Waals surface area (Å²) in [6.45, 7) is 4.86. The summed E-state index contributed by atoms with van der Waals surface area (Å²) in [6, 6.07) is 4.25. The number of carbonyl (C=O) groups excluding carboxylic acids is 2. The Kier molecular flexibility index (Phi) is 6.55. The third-order valence-corrected chi connectivity index (χ3v) is 3.68. The first-order valence-electron chi connectivity index (χ1n) is 6.87. The van der Waals surface area contributed by atoms with E-state index in [4.69, 9.17) is 5.11 Å². The van der Waals surface area contributed by atoms with Gasteiger partial charge in [0.15, 0.2) is 0 Å². The zero-order valence-electron chi connectivity index (χ0n) is 12.8. The van der Waals surface area contributed by atoms with E-state index in [1.165, 1.54) is 30.1 Å². The van der Waals surface area contributed by atoms with E-state index >= 15 is 0 Å². The van der Waals surface area contributed by atoms with Crippen molar-refractivity contribution in [3.05, 3.63) is 33.8 Å². The average molecular weight is 371 g/mol. The number of halogens is 1. The van der Waals surface area contributed by atoms with Gasteiger partial charge in [-0.1, -0.05) is 15.9 Å². The molecule has 1 rings (SSSR count). The van der Waals surface area contributed by atoms with Gasteiger partial charge < -0.3 is 14.9 Å². The van der Waals surface area contributed by atoms with Crippen LogP contribution in [-0.4, -0.2) is 59.4 Å². The first-order valence-corrected chi connectivity index (χ1v) is 7.66. The van der Waals surface area contributed by atoms with Gasteiger partial charge in [-0.3, -0.25) is 9.59 Å². The van der Waals surface area contributed by atoms with Gasteiger partial charge in [0.1, 0.15) is 0 Å². The zero-order valence-corrected chi connectivity index (χ0v) is 14.4. The van der Waals surface area contributed by atoms with Crippen LogP contribution in [0.4, 0.5) is 0 Å². The normalized spacial score (nSPS) is 10.2. The number of rotatable bonds is 6. The summed E-state index contributed by atoms with van der Waals surface area (Å²) in [6.07, 6.45) is 0. The second-order valence-electron chi connectivity index (χ2n) is 4.76. The molecule has 0 aliphatic carbocycles. The van der Waals surface area contributed by atoms with E-state index in [1.807, 2.05) is 13.8 Å². The minimum Gasteiger partial charge on any atom is -0.478 e. The maximum Gasteiger partial charge on any atom is 0.335 e. The van der Waals surface area contributed by atoms with Crippen LogP contribution in [0.5, 0.6) is 0 Å². The van der Waals surface area contributed by atoms with Crippen molar-refractivity contribution in [2.45, 2.75) is 13.8 Å². The number of likely N-dealkylation sites (N-methyl/N-ethyl adjacent to an activating group) is 2. The number of nitrogens with zero attached hydrogens (tertiary/aromatic N) is 2. The predicted molar refractivity (Wildman–Crippen MR) is 86.0 cm³/mol. The van der Waals surface area contributed by atoms with Crippen LogP contribution in [0, 0.1) is 0 Å². The lowest BCUT2D eigenvalue weighted by Gasteiger charge is -2.23. The Hall–Kier alpha value is -1.89. The number of aromatic carboxylic acids is 1. The van der Waals surface area contributed by atoms with Gasteiger partial charge in [-0.2, -0.15) is 0 Å². The fourth-order valence-electron chi connectivity index (χ4n) is 2.01. The molecule has 0 atom stereocenters. The third-order valence-electron chi connectivity index (χ3n) is 3.23. The van der Waals surface area contributed by atoms with Crippen molar-refractivity contribution in [2.24, 2.45) is 0 Å². The van der Waals surface area contributed by atoms with E-state index in [1.54, 1.807) is 4.90 Å². The third kappa shape index (κ3) is 4.56. The summed E-state index contributed by atoms with van der Waals surface area (Å²) in [5.74, 6) is -1.66. The van der Waals surface area contributed by atoms with E-state index in [2.05, 4.69) is 15.9 Å². The lowest BCUT2D eigenvalue weighted by atomic mass is 10.1. The van der Waals surface area contributed by atoms with Crippen LogP contribution in [0.2, 0.25) is 0 Å². The molecule has 22 heavy (non-hydrogen) atoms. The van der Waals surface area contributed by atoms with Crippen LogP contribution in [0.1, 0.15) is 34.6 Å². The fraction of sp³-hybridized carbons (Fsp3) is 0.400. The molecule has 0 saturated carbocycles. The van der Waals surface area contributed by atoms with E-state index < -0.39 is 11.9 Å². The molecule has 0 fully saturated rings. The minimum atomic E-state index is -1.11. The molecular formula is C15H19BrN2O4. The molecule has 0 aliphatic heterocycles. The first kappa shape index (κ1) is 18.2. The highest BCUT2D eigenvalue weighted by atomic mass is 79.9. The molecule has 0 unspecified atom stereocenters. The number of benzene rings is 1. The van der Waals surface area contributed by atoms with Crippen LogP contribution >= 0.6 is 15.9 Å². The second-order valence-corrected chi connectivity index (χ2v) is 5.68. The summed E-state index contributed by atoms with van der Waals surface area (Å²) in [5.41, 5.74) is 0.239. The Morgan fingerprint density at radius 1 is 1.09 bits per heavy atom.